The van der Waals surface area contributed by atoms with E-state index in [1.807, 2.05) is 57.2 Å². The van der Waals surface area contributed by atoms with E-state index in [-0.39, 0.29) is 18.4 Å². The van der Waals surface area contributed by atoms with Crippen LogP contribution in [0.25, 0.3) is 0 Å². The quantitative estimate of drug-likeness (QED) is 0.457. The Kier molecular flexibility index (Phi) is 7.75. The first-order valence-electron chi connectivity index (χ1n) is 10.7. The van der Waals surface area contributed by atoms with Gasteiger partial charge in [0.15, 0.2) is 0 Å². The van der Waals surface area contributed by atoms with Gasteiger partial charge in [0.2, 0.25) is 5.91 Å². The molecule has 0 saturated heterocycles. The van der Waals surface area contributed by atoms with Gasteiger partial charge >= 0.3 is 0 Å². The third kappa shape index (κ3) is 6.47. The number of carbonyl (C=O) groups is 2. The number of halogens is 1. The standard InChI is InChI=1S/C26H29ClN2O3/c1-26(2,3)29(25(31)21-11-13-22(27)14-12-21)19-24(30)28(18-23-10-7-17-32-23)16-15-20-8-5-4-6-9-20/h4-14,17H,15-16,18-19H2,1-3H3. The molecule has 0 aliphatic rings. The topological polar surface area (TPSA) is 53.8 Å². The number of hydrogen-bond acceptors (Lipinski definition) is 3. The molecule has 0 N–H and O–H groups in total. The molecule has 0 aliphatic heterocycles. The van der Waals surface area contributed by atoms with Crippen molar-refractivity contribution in [2.75, 3.05) is 13.1 Å². The fourth-order valence-corrected chi connectivity index (χ4v) is 3.51. The summed E-state index contributed by atoms with van der Waals surface area (Å²) in [5, 5.41) is 0.561. The summed E-state index contributed by atoms with van der Waals surface area (Å²) in [6.45, 7) is 6.63. The Hall–Kier alpha value is -3.05. The third-order valence-electron chi connectivity index (χ3n) is 5.23. The molecule has 0 bridgehead atoms. The van der Waals surface area contributed by atoms with E-state index in [0.29, 0.717) is 35.9 Å². The van der Waals surface area contributed by atoms with Crippen LogP contribution in [0.4, 0.5) is 0 Å². The Morgan fingerprint density at radius 2 is 1.62 bits per heavy atom. The molecule has 0 saturated carbocycles. The predicted molar refractivity (Wildman–Crippen MR) is 127 cm³/mol. The molecule has 2 aromatic carbocycles. The lowest BCUT2D eigenvalue weighted by Crippen LogP contribution is -2.51. The molecule has 3 aromatic rings. The van der Waals surface area contributed by atoms with Crippen LogP contribution in [0.2, 0.25) is 5.02 Å². The number of amides is 2. The summed E-state index contributed by atoms with van der Waals surface area (Å²) in [4.78, 5) is 30.0. The summed E-state index contributed by atoms with van der Waals surface area (Å²) < 4.78 is 5.48. The van der Waals surface area contributed by atoms with Crippen LogP contribution in [0.3, 0.4) is 0 Å². The summed E-state index contributed by atoms with van der Waals surface area (Å²) in [6.07, 6.45) is 2.31. The summed E-state index contributed by atoms with van der Waals surface area (Å²) in [5.74, 6) is 0.371. The summed E-state index contributed by atoms with van der Waals surface area (Å²) in [5.41, 5.74) is 1.11. The number of furan rings is 1. The Balaban J connectivity index is 1.78. The number of hydrogen-bond donors (Lipinski definition) is 0. The van der Waals surface area contributed by atoms with Crippen LogP contribution in [0.5, 0.6) is 0 Å². The number of carbonyl (C=O) groups excluding carboxylic acids is 2. The molecule has 0 unspecified atom stereocenters. The van der Waals surface area contributed by atoms with E-state index >= 15 is 0 Å². The molecular formula is C26H29ClN2O3. The van der Waals surface area contributed by atoms with Crippen LogP contribution in [-0.4, -0.2) is 40.2 Å². The molecule has 1 aromatic heterocycles. The summed E-state index contributed by atoms with van der Waals surface area (Å²) in [6, 6.07) is 20.4. The molecule has 3 rings (SSSR count). The summed E-state index contributed by atoms with van der Waals surface area (Å²) >= 11 is 5.97. The van der Waals surface area contributed by atoms with Crippen LogP contribution in [0.1, 0.15) is 42.5 Å². The normalized spacial score (nSPS) is 11.2. The zero-order valence-electron chi connectivity index (χ0n) is 18.8. The van der Waals surface area contributed by atoms with Gasteiger partial charge in [0.05, 0.1) is 12.8 Å². The Labute approximate surface area is 194 Å². The number of benzene rings is 2. The molecule has 0 radical (unpaired) electrons. The predicted octanol–water partition coefficient (Wildman–Crippen LogP) is 5.45. The van der Waals surface area contributed by atoms with Gasteiger partial charge in [-0.2, -0.15) is 0 Å². The minimum Gasteiger partial charge on any atom is -0.467 e. The van der Waals surface area contributed by atoms with E-state index in [4.69, 9.17) is 16.0 Å². The molecule has 1 heterocycles. The largest absolute Gasteiger partial charge is 0.467 e. The highest BCUT2D eigenvalue weighted by Gasteiger charge is 2.31. The second kappa shape index (κ2) is 10.5. The van der Waals surface area contributed by atoms with E-state index in [0.717, 1.165) is 5.56 Å². The van der Waals surface area contributed by atoms with Crippen molar-refractivity contribution < 1.29 is 14.0 Å². The van der Waals surface area contributed by atoms with Gasteiger partial charge in [-0.15, -0.1) is 0 Å². The van der Waals surface area contributed by atoms with Crippen molar-refractivity contribution in [1.29, 1.82) is 0 Å². The van der Waals surface area contributed by atoms with Crippen LogP contribution in [-0.2, 0) is 17.8 Å². The van der Waals surface area contributed by atoms with Gasteiger partial charge in [-0.1, -0.05) is 41.9 Å². The van der Waals surface area contributed by atoms with E-state index in [2.05, 4.69) is 0 Å². The zero-order valence-corrected chi connectivity index (χ0v) is 19.5. The minimum atomic E-state index is -0.540. The van der Waals surface area contributed by atoms with Crippen LogP contribution in [0, 0.1) is 0 Å². The molecule has 32 heavy (non-hydrogen) atoms. The van der Waals surface area contributed by atoms with Crippen molar-refractivity contribution in [2.24, 2.45) is 0 Å². The highest BCUT2D eigenvalue weighted by Crippen LogP contribution is 2.20. The van der Waals surface area contributed by atoms with Crippen molar-refractivity contribution >= 4 is 23.4 Å². The highest BCUT2D eigenvalue weighted by atomic mass is 35.5. The minimum absolute atomic E-state index is 0.0273. The average Bonchev–Trinajstić information content (AvgIpc) is 3.28. The molecule has 168 valence electrons. The molecular weight excluding hydrogens is 424 g/mol. The van der Waals surface area contributed by atoms with Crippen LogP contribution < -0.4 is 0 Å². The molecule has 0 atom stereocenters. The van der Waals surface area contributed by atoms with Gasteiger partial charge in [0.1, 0.15) is 12.3 Å². The average molecular weight is 453 g/mol. The first kappa shape index (κ1) is 23.6. The molecule has 5 nitrogen and oxygen atoms in total. The molecule has 6 heteroatoms. The van der Waals surface area contributed by atoms with Crippen molar-refractivity contribution in [3.05, 3.63) is 94.9 Å². The van der Waals surface area contributed by atoms with Crippen molar-refractivity contribution in [1.82, 2.24) is 9.80 Å². The second-order valence-electron chi connectivity index (χ2n) is 8.70. The number of rotatable bonds is 8. The van der Waals surface area contributed by atoms with Gasteiger partial charge in [0, 0.05) is 22.7 Å². The van der Waals surface area contributed by atoms with Crippen molar-refractivity contribution in [2.45, 2.75) is 39.3 Å². The second-order valence-corrected chi connectivity index (χ2v) is 9.14. The van der Waals surface area contributed by atoms with E-state index in [1.165, 1.54) is 0 Å². The van der Waals surface area contributed by atoms with Gasteiger partial charge in [0.25, 0.3) is 5.91 Å². The van der Waals surface area contributed by atoms with Crippen LogP contribution >= 0.6 is 11.6 Å². The maximum absolute atomic E-state index is 13.4. The lowest BCUT2D eigenvalue weighted by atomic mass is 10.0. The molecule has 2 amide bonds. The zero-order chi connectivity index (χ0) is 23.1. The van der Waals surface area contributed by atoms with Gasteiger partial charge in [-0.25, -0.2) is 0 Å². The Morgan fingerprint density at radius 1 is 0.938 bits per heavy atom. The van der Waals surface area contributed by atoms with Crippen LogP contribution in [0.15, 0.2) is 77.4 Å². The van der Waals surface area contributed by atoms with Crippen molar-refractivity contribution in [3.63, 3.8) is 0 Å². The first-order chi connectivity index (χ1) is 15.2. The van der Waals surface area contributed by atoms with E-state index in [9.17, 15) is 9.59 Å². The van der Waals surface area contributed by atoms with Gasteiger partial charge in [-0.05, 0) is 69.2 Å². The van der Waals surface area contributed by atoms with E-state index < -0.39 is 5.54 Å². The molecule has 0 aliphatic carbocycles. The lowest BCUT2D eigenvalue weighted by Gasteiger charge is -2.36. The van der Waals surface area contributed by atoms with Gasteiger partial charge in [-0.3, -0.25) is 9.59 Å². The monoisotopic (exact) mass is 452 g/mol. The smallest absolute Gasteiger partial charge is 0.254 e. The Bertz CT molecular complexity index is 1010. The first-order valence-corrected chi connectivity index (χ1v) is 11.0. The molecule has 0 fully saturated rings. The SMILES string of the molecule is CC(C)(C)N(CC(=O)N(CCc1ccccc1)Cc1ccco1)C(=O)c1ccc(Cl)cc1. The van der Waals surface area contributed by atoms with E-state index in [1.54, 1.807) is 46.4 Å². The summed E-state index contributed by atoms with van der Waals surface area (Å²) in [7, 11) is 0. The molecule has 0 spiro atoms. The maximum Gasteiger partial charge on any atom is 0.254 e. The fourth-order valence-electron chi connectivity index (χ4n) is 3.39. The fraction of sp³-hybridized carbons (Fsp3) is 0.308. The van der Waals surface area contributed by atoms with Crippen molar-refractivity contribution in [3.8, 4) is 0 Å². The van der Waals surface area contributed by atoms with Gasteiger partial charge < -0.3 is 14.2 Å². The lowest BCUT2D eigenvalue weighted by molar-refractivity contribution is -0.133. The highest BCUT2D eigenvalue weighted by molar-refractivity contribution is 6.30. The maximum atomic E-state index is 13.4. The number of nitrogens with zero attached hydrogens (tertiary/aromatic N) is 2. The Morgan fingerprint density at radius 3 is 2.22 bits per heavy atom. The third-order valence-corrected chi connectivity index (χ3v) is 5.48.